The third-order valence-electron chi connectivity index (χ3n) is 5.46. The molecule has 0 aliphatic rings. The van der Waals surface area contributed by atoms with Crippen molar-refractivity contribution in [3.8, 4) is 0 Å². The molecule has 0 spiro atoms. The highest BCUT2D eigenvalue weighted by atomic mass is 35.5. The van der Waals surface area contributed by atoms with Crippen molar-refractivity contribution in [2.45, 2.75) is 11.7 Å². The maximum atomic E-state index is 13.5. The minimum absolute atomic E-state index is 0.0889. The largest absolute Gasteiger partial charge is 0.383 e. The molecule has 0 saturated carbocycles. The molecular formula is C27H24ClN3O4S. The molecule has 0 aliphatic carbocycles. The molecule has 4 rings (SSSR count). The number of aromatic nitrogens is 2. The summed E-state index contributed by atoms with van der Waals surface area (Å²) < 4.78 is 6.53. The van der Waals surface area contributed by atoms with Crippen molar-refractivity contribution >= 4 is 46.0 Å². The average molecular weight is 522 g/mol. The van der Waals surface area contributed by atoms with Gasteiger partial charge in [0.15, 0.2) is 10.9 Å². The zero-order valence-corrected chi connectivity index (χ0v) is 21.1. The molecule has 184 valence electrons. The van der Waals surface area contributed by atoms with Crippen molar-refractivity contribution in [1.82, 2.24) is 14.9 Å². The third kappa shape index (κ3) is 6.20. The van der Waals surface area contributed by atoms with Gasteiger partial charge >= 0.3 is 0 Å². The zero-order chi connectivity index (χ0) is 25.5. The fraction of sp³-hybridized carbons (Fsp3) is 0.185. The SMILES string of the molecule is COCCNC(=O)c1ccc2c(=O)n(Cc3ccccc3)c(SCC(=O)c3ccc(Cl)cc3)nc2c1. The van der Waals surface area contributed by atoms with E-state index in [-0.39, 0.29) is 23.0 Å². The number of hydrogen-bond donors (Lipinski definition) is 1. The van der Waals surface area contributed by atoms with Crippen LogP contribution in [0.5, 0.6) is 0 Å². The van der Waals surface area contributed by atoms with Crippen LogP contribution in [0.4, 0.5) is 0 Å². The summed E-state index contributed by atoms with van der Waals surface area (Å²) in [6, 6.07) is 21.1. The number of Topliss-reactive ketones (excluding diaryl/α,β-unsaturated/α-hetero) is 1. The van der Waals surface area contributed by atoms with Crippen LogP contribution in [0.15, 0.2) is 82.7 Å². The van der Waals surface area contributed by atoms with Crippen LogP contribution in [0.3, 0.4) is 0 Å². The van der Waals surface area contributed by atoms with Gasteiger partial charge < -0.3 is 10.1 Å². The molecule has 0 saturated heterocycles. The van der Waals surface area contributed by atoms with Crippen LogP contribution in [-0.4, -0.2) is 47.3 Å². The maximum absolute atomic E-state index is 13.5. The van der Waals surface area contributed by atoms with Crippen LogP contribution in [-0.2, 0) is 11.3 Å². The van der Waals surface area contributed by atoms with Gasteiger partial charge in [0, 0.05) is 29.8 Å². The predicted octanol–water partition coefficient (Wildman–Crippen LogP) is 4.45. The van der Waals surface area contributed by atoms with Crippen LogP contribution >= 0.6 is 23.4 Å². The number of halogens is 1. The van der Waals surface area contributed by atoms with Crippen LogP contribution in [0, 0.1) is 0 Å². The number of nitrogens with one attached hydrogen (secondary N) is 1. The number of carbonyl (C=O) groups excluding carboxylic acids is 2. The highest BCUT2D eigenvalue weighted by molar-refractivity contribution is 7.99. The number of fused-ring (bicyclic) bond motifs is 1. The Kier molecular flexibility index (Phi) is 8.53. The molecule has 0 aliphatic heterocycles. The standard InChI is InChI=1S/C27H24ClN3O4S/c1-35-14-13-29-25(33)20-9-12-22-23(15-20)30-27(31(26(22)34)16-18-5-3-2-4-6-18)36-17-24(32)19-7-10-21(28)11-8-19/h2-12,15H,13-14,16-17H2,1H3,(H,29,33). The Labute approximate surface area is 217 Å². The summed E-state index contributed by atoms with van der Waals surface area (Å²) in [6.45, 7) is 1.07. The average Bonchev–Trinajstić information content (AvgIpc) is 2.90. The number of thioether (sulfide) groups is 1. The van der Waals surface area contributed by atoms with Gasteiger partial charge in [-0.25, -0.2) is 4.98 Å². The smallest absolute Gasteiger partial charge is 0.262 e. The van der Waals surface area contributed by atoms with Gasteiger partial charge in [0.1, 0.15) is 0 Å². The molecule has 3 aromatic carbocycles. The topological polar surface area (TPSA) is 90.3 Å². The molecule has 0 fully saturated rings. The normalized spacial score (nSPS) is 10.9. The van der Waals surface area contributed by atoms with E-state index in [0.29, 0.717) is 51.9 Å². The van der Waals surface area contributed by atoms with Crippen LogP contribution in [0.2, 0.25) is 5.02 Å². The van der Waals surface area contributed by atoms with E-state index in [4.69, 9.17) is 21.3 Å². The molecule has 1 heterocycles. The van der Waals surface area contributed by atoms with Gasteiger partial charge in [0.05, 0.1) is 29.8 Å². The Bertz CT molecular complexity index is 1440. The second-order valence-corrected chi connectivity index (χ2v) is 9.35. The number of ketones is 1. The highest BCUT2D eigenvalue weighted by Gasteiger charge is 2.16. The van der Waals surface area contributed by atoms with Crippen molar-refractivity contribution in [3.05, 3.63) is 105 Å². The monoisotopic (exact) mass is 521 g/mol. The lowest BCUT2D eigenvalue weighted by Crippen LogP contribution is -2.27. The van der Waals surface area contributed by atoms with E-state index in [2.05, 4.69) is 5.32 Å². The molecule has 4 aromatic rings. The van der Waals surface area contributed by atoms with Gasteiger partial charge in [-0.1, -0.05) is 53.7 Å². The Morgan fingerprint density at radius 3 is 2.47 bits per heavy atom. The van der Waals surface area contributed by atoms with E-state index in [1.165, 1.54) is 11.8 Å². The molecular weight excluding hydrogens is 498 g/mol. The van der Waals surface area contributed by atoms with Gasteiger partial charge in [-0.2, -0.15) is 0 Å². The molecule has 0 unspecified atom stereocenters. The van der Waals surface area contributed by atoms with Gasteiger partial charge in [-0.05, 0) is 48.0 Å². The number of methoxy groups -OCH3 is 1. The summed E-state index contributed by atoms with van der Waals surface area (Å²) >= 11 is 7.12. The van der Waals surface area contributed by atoms with E-state index < -0.39 is 0 Å². The van der Waals surface area contributed by atoms with E-state index >= 15 is 0 Å². The molecule has 0 bridgehead atoms. The zero-order valence-electron chi connectivity index (χ0n) is 19.6. The van der Waals surface area contributed by atoms with Crippen molar-refractivity contribution < 1.29 is 14.3 Å². The summed E-state index contributed by atoms with van der Waals surface area (Å²) in [7, 11) is 1.56. The van der Waals surface area contributed by atoms with Gasteiger partial charge in [0.2, 0.25) is 0 Å². The van der Waals surface area contributed by atoms with Crippen molar-refractivity contribution in [3.63, 3.8) is 0 Å². The molecule has 9 heteroatoms. The number of carbonyl (C=O) groups is 2. The Hall–Kier alpha value is -3.46. The molecule has 36 heavy (non-hydrogen) atoms. The Morgan fingerprint density at radius 2 is 1.75 bits per heavy atom. The molecule has 0 atom stereocenters. The Morgan fingerprint density at radius 1 is 1.03 bits per heavy atom. The van der Waals surface area contributed by atoms with E-state index in [9.17, 15) is 14.4 Å². The second-order valence-electron chi connectivity index (χ2n) is 7.97. The fourth-order valence-electron chi connectivity index (χ4n) is 3.58. The quantitative estimate of drug-likeness (QED) is 0.143. The number of amides is 1. The van der Waals surface area contributed by atoms with Crippen molar-refractivity contribution in [2.75, 3.05) is 26.0 Å². The number of nitrogens with zero attached hydrogens (tertiary/aromatic N) is 2. The number of hydrogen-bond acceptors (Lipinski definition) is 6. The first kappa shape index (κ1) is 25.6. The van der Waals surface area contributed by atoms with Gasteiger partial charge in [0.25, 0.3) is 11.5 Å². The first-order valence-electron chi connectivity index (χ1n) is 11.2. The summed E-state index contributed by atoms with van der Waals surface area (Å²) in [5.41, 5.74) is 2.00. The summed E-state index contributed by atoms with van der Waals surface area (Å²) in [6.07, 6.45) is 0. The molecule has 1 aromatic heterocycles. The van der Waals surface area contributed by atoms with Gasteiger partial charge in [-0.15, -0.1) is 0 Å². The van der Waals surface area contributed by atoms with Crippen LogP contribution < -0.4 is 10.9 Å². The number of rotatable bonds is 10. The second kappa shape index (κ2) is 12.0. The minimum atomic E-state index is -0.281. The fourth-order valence-corrected chi connectivity index (χ4v) is 4.59. The third-order valence-corrected chi connectivity index (χ3v) is 6.68. The maximum Gasteiger partial charge on any atom is 0.262 e. The van der Waals surface area contributed by atoms with E-state index in [0.717, 1.165) is 5.56 Å². The number of ether oxygens (including phenoxy) is 1. The highest BCUT2D eigenvalue weighted by Crippen LogP contribution is 2.22. The Balaban J connectivity index is 1.68. The first-order valence-corrected chi connectivity index (χ1v) is 12.6. The molecule has 1 amide bonds. The molecule has 1 N–H and O–H groups in total. The van der Waals surface area contributed by atoms with Crippen LogP contribution in [0.1, 0.15) is 26.3 Å². The molecule has 0 radical (unpaired) electrons. The lowest BCUT2D eigenvalue weighted by molar-refractivity contribution is 0.0936. The van der Waals surface area contributed by atoms with Crippen LogP contribution in [0.25, 0.3) is 10.9 Å². The minimum Gasteiger partial charge on any atom is -0.383 e. The lowest BCUT2D eigenvalue weighted by Gasteiger charge is -2.14. The lowest BCUT2D eigenvalue weighted by atomic mass is 10.1. The number of benzene rings is 3. The predicted molar refractivity (Wildman–Crippen MR) is 142 cm³/mol. The van der Waals surface area contributed by atoms with E-state index in [1.54, 1.807) is 54.1 Å². The van der Waals surface area contributed by atoms with Crippen molar-refractivity contribution in [1.29, 1.82) is 0 Å². The summed E-state index contributed by atoms with van der Waals surface area (Å²) in [5, 5.41) is 4.11. The van der Waals surface area contributed by atoms with E-state index in [1.807, 2.05) is 30.3 Å². The summed E-state index contributed by atoms with van der Waals surface area (Å²) in [4.78, 5) is 43.5. The first-order chi connectivity index (χ1) is 17.5. The van der Waals surface area contributed by atoms with Crippen molar-refractivity contribution in [2.24, 2.45) is 0 Å². The van der Waals surface area contributed by atoms with Gasteiger partial charge in [-0.3, -0.25) is 19.0 Å². The molecule has 7 nitrogen and oxygen atoms in total. The summed E-state index contributed by atoms with van der Waals surface area (Å²) in [5.74, 6) is -0.300.